The summed E-state index contributed by atoms with van der Waals surface area (Å²) in [4.78, 5) is 0. The Morgan fingerprint density at radius 1 is 1.44 bits per heavy atom. The lowest BCUT2D eigenvalue weighted by atomic mass is 10.3. The second-order valence-electron chi connectivity index (χ2n) is 4.01. The minimum atomic E-state index is 0.564. The van der Waals surface area contributed by atoms with Gasteiger partial charge in [0.1, 0.15) is 0 Å². The molecule has 5 nitrogen and oxygen atoms in total. The smallest absolute Gasteiger partial charge is 0.0857 e. The highest BCUT2D eigenvalue weighted by atomic mass is 79.9. The molecule has 0 bridgehead atoms. The van der Waals surface area contributed by atoms with Gasteiger partial charge in [0.05, 0.1) is 28.1 Å². The van der Waals surface area contributed by atoms with Crippen LogP contribution in [0.3, 0.4) is 0 Å². The van der Waals surface area contributed by atoms with E-state index >= 15 is 0 Å². The highest BCUT2D eigenvalue weighted by Crippen LogP contribution is 2.21. The zero-order valence-electron chi connectivity index (χ0n) is 10.4. The number of hydrogen-bond donors (Lipinski definition) is 0. The molecule has 0 aliphatic heterocycles. The summed E-state index contributed by atoms with van der Waals surface area (Å²) in [5.41, 5.74) is 3.02. The first-order chi connectivity index (χ1) is 8.65. The average molecular weight is 333 g/mol. The number of rotatable bonds is 5. The van der Waals surface area contributed by atoms with Crippen LogP contribution in [0, 0.1) is 6.92 Å². The van der Waals surface area contributed by atoms with E-state index in [1.807, 2.05) is 22.5 Å². The van der Waals surface area contributed by atoms with E-state index in [9.17, 15) is 0 Å². The molecule has 0 spiro atoms. The molecule has 0 fully saturated rings. The molecule has 0 atom stereocenters. The molecule has 0 radical (unpaired) electrons. The molecule has 98 valence electrons. The SMILES string of the molecule is CCn1nc(C)c(Br)c1Cn1cc(CCCl)nn1. The van der Waals surface area contributed by atoms with Crippen LogP contribution in [-0.2, 0) is 19.5 Å². The molecular weight excluding hydrogens is 318 g/mol. The van der Waals surface area contributed by atoms with Crippen LogP contribution >= 0.6 is 27.5 Å². The van der Waals surface area contributed by atoms with Gasteiger partial charge in [0.15, 0.2) is 0 Å². The Kier molecular flexibility index (Phi) is 4.40. The molecule has 2 rings (SSSR count). The molecular formula is C11H15BrClN5. The summed E-state index contributed by atoms with van der Waals surface area (Å²) >= 11 is 9.25. The maximum absolute atomic E-state index is 5.68. The predicted molar refractivity (Wildman–Crippen MR) is 73.9 cm³/mol. The van der Waals surface area contributed by atoms with Crippen molar-refractivity contribution >= 4 is 27.5 Å². The lowest BCUT2D eigenvalue weighted by Crippen LogP contribution is -2.09. The molecule has 0 saturated heterocycles. The maximum Gasteiger partial charge on any atom is 0.0857 e. The van der Waals surface area contributed by atoms with Gasteiger partial charge >= 0.3 is 0 Å². The van der Waals surface area contributed by atoms with Gasteiger partial charge in [0.2, 0.25) is 0 Å². The highest BCUT2D eigenvalue weighted by molar-refractivity contribution is 9.10. The normalized spacial score (nSPS) is 11.1. The van der Waals surface area contributed by atoms with E-state index in [0.717, 1.165) is 34.5 Å². The fourth-order valence-electron chi connectivity index (χ4n) is 1.80. The zero-order valence-corrected chi connectivity index (χ0v) is 12.7. The third-order valence-corrected chi connectivity index (χ3v) is 3.92. The highest BCUT2D eigenvalue weighted by Gasteiger charge is 2.13. The number of alkyl halides is 1. The molecule has 2 aromatic heterocycles. The molecule has 0 saturated carbocycles. The third-order valence-electron chi connectivity index (χ3n) is 2.70. The van der Waals surface area contributed by atoms with Gasteiger partial charge in [0.25, 0.3) is 0 Å². The fraction of sp³-hybridized carbons (Fsp3) is 0.545. The summed E-state index contributed by atoms with van der Waals surface area (Å²) in [5, 5.41) is 12.6. The molecule has 0 aliphatic carbocycles. The number of nitrogens with zero attached hydrogens (tertiary/aromatic N) is 5. The van der Waals surface area contributed by atoms with Crippen LogP contribution in [0.15, 0.2) is 10.7 Å². The van der Waals surface area contributed by atoms with E-state index in [1.54, 1.807) is 0 Å². The molecule has 2 aromatic rings. The Morgan fingerprint density at radius 2 is 2.22 bits per heavy atom. The van der Waals surface area contributed by atoms with Crippen molar-refractivity contribution in [2.24, 2.45) is 0 Å². The number of hydrogen-bond acceptors (Lipinski definition) is 3. The van der Waals surface area contributed by atoms with E-state index < -0.39 is 0 Å². The van der Waals surface area contributed by atoms with Crippen molar-refractivity contribution in [2.75, 3.05) is 5.88 Å². The van der Waals surface area contributed by atoms with E-state index in [-0.39, 0.29) is 0 Å². The molecule has 2 heterocycles. The zero-order chi connectivity index (χ0) is 13.1. The Balaban J connectivity index is 2.22. The Hall–Kier alpha value is -0.880. The molecule has 0 unspecified atom stereocenters. The monoisotopic (exact) mass is 331 g/mol. The van der Waals surface area contributed by atoms with Crippen LogP contribution in [0.1, 0.15) is 24.0 Å². The Labute approximate surface area is 119 Å². The second-order valence-corrected chi connectivity index (χ2v) is 5.18. The van der Waals surface area contributed by atoms with Crippen LogP contribution in [-0.4, -0.2) is 30.7 Å². The van der Waals surface area contributed by atoms with Gasteiger partial charge in [-0.05, 0) is 29.8 Å². The summed E-state index contributed by atoms with van der Waals surface area (Å²) < 4.78 is 4.83. The average Bonchev–Trinajstić information content (AvgIpc) is 2.90. The van der Waals surface area contributed by atoms with Crippen LogP contribution in [0.4, 0.5) is 0 Å². The quantitative estimate of drug-likeness (QED) is 0.790. The van der Waals surface area contributed by atoms with Gasteiger partial charge < -0.3 is 0 Å². The molecule has 0 aliphatic rings. The summed E-state index contributed by atoms with van der Waals surface area (Å²) in [6.45, 7) is 5.55. The molecule has 18 heavy (non-hydrogen) atoms. The summed E-state index contributed by atoms with van der Waals surface area (Å²) in [5.74, 6) is 0.564. The molecule has 0 aromatic carbocycles. The van der Waals surface area contributed by atoms with E-state index in [1.165, 1.54) is 0 Å². The van der Waals surface area contributed by atoms with Gasteiger partial charge in [-0.3, -0.25) is 4.68 Å². The van der Waals surface area contributed by atoms with Crippen molar-refractivity contribution < 1.29 is 0 Å². The topological polar surface area (TPSA) is 48.5 Å². The first-order valence-corrected chi connectivity index (χ1v) is 7.15. The van der Waals surface area contributed by atoms with E-state index in [2.05, 4.69) is 38.3 Å². The van der Waals surface area contributed by atoms with Crippen molar-refractivity contribution in [1.82, 2.24) is 24.8 Å². The van der Waals surface area contributed by atoms with Crippen molar-refractivity contribution in [1.29, 1.82) is 0 Å². The van der Waals surface area contributed by atoms with Crippen molar-refractivity contribution in [2.45, 2.75) is 33.4 Å². The minimum absolute atomic E-state index is 0.564. The third kappa shape index (κ3) is 2.75. The lowest BCUT2D eigenvalue weighted by Gasteiger charge is -2.04. The van der Waals surface area contributed by atoms with Gasteiger partial charge in [-0.25, -0.2) is 4.68 Å². The lowest BCUT2D eigenvalue weighted by molar-refractivity contribution is 0.563. The van der Waals surface area contributed by atoms with E-state index in [4.69, 9.17) is 11.6 Å². The molecule has 0 amide bonds. The van der Waals surface area contributed by atoms with Crippen molar-refractivity contribution in [3.8, 4) is 0 Å². The first-order valence-electron chi connectivity index (χ1n) is 5.82. The van der Waals surface area contributed by atoms with Gasteiger partial charge in [-0.15, -0.1) is 16.7 Å². The van der Waals surface area contributed by atoms with Crippen LogP contribution in [0.25, 0.3) is 0 Å². The maximum atomic E-state index is 5.68. The number of halogens is 2. The first kappa shape index (κ1) is 13.5. The van der Waals surface area contributed by atoms with Crippen molar-refractivity contribution in [3.05, 3.63) is 27.8 Å². The standard InChI is InChI=1S/C11H15BrClN5/c1-3-18-10(11(12)8(2)15-18)7-17-6-9(4-5-13)14-16-17/h6H,3-5,7H2,1-2H3. The largest absolute Gasteiger partial charge is 0.267 e. The summed E-state index contributed by atoms with van der Waals surface area (Å²) in [6, 6.07) is 0. The summed E-state index contributed by atoms with van der Waals surface area (Å²) in [7, 11) is 0. The van der Waals surface area contributed by atoms with Gasteiger partial charge in [-0.2, -0.15) is 5.10 Å². The van der Waals surface area contributed by atoms with E-state index in [0.29, 0.717) is 12.4 Å². The number of aryl methyl sites for hydroxylation is 3. The Morgan fingerprint density at radius 3 is 2.89 bits per heavy atom. The fourth-order valence-corrected chi connectivity index (χ4v) is 2.40. The van der Waals surface area contributed by atoms with Crippen LogP contribution in [0.5, 0.6) is 0 Å². The van der Waals surface area contributed by atoms with Gasteiger partial charge in [0, 0.05) is 25.0 Å². The van der Waals surface area contributed by atoms with Crippen molar-refractivity contribution in [3.63, 3.8) is 0 Å². The van der Waals surface area contributed by atoms with Crippen LogP contribution < -0.4 is 0 Å². The van der Waals surface area contributed by atoms with Gasteiger partial charge in [-0.1, -0.05) is 5.21 Å². The predicted octanol–water partition coefficient (Wildman–Crippen LogP) is 2.40. The van der Waals surface area contributed by atoms with Crippen LogP contribution in [0.2, 0.25) is 0 Å². The minimum Gasteiger partial charge on any atom is -0.267 e. The molecule has 0 N–H and O–H groups in total. The molecule has 7 heteroatoms. The summed E-state index contributed by atoms with van der Waals surface area (Å²) in [6.07, 6.45) is 2.67. The second kappa shape index (κ2) is 5.84. The Bertz CT molecular complexity index is 534. The number of aromatic nitrogens is 5.